The molecule has 1 aromatic heterocycles. The molecule has 1 heterocycles. The monoisotopic (exact) mass is 213 g/mol. The zero-order chi connectivity index (χ0) is 10.1. The molecule has 1 aromatic rings. The molecule has 4 heteroatoms. The van der Waals surface area contributed by atoms with E-state index in [9.17, 15) is 0 Å². The van der Waals surface area contributed by atoms with Gasteiger partial charge < -0.3 is 5.73 Å². The van der Waals surface area contributed by atoms with Gasteiger partial charge in [0, 0.05) is 12.0 Å². The second-order valence-electron chi connectivity index (χ2n) is 4.16. The number of halogens is 1. The quantitative estimate of drug-likeness (QED) is 0.753. The highest BCUT2D eigenvalue weighted by atomic mass is 35.5. The average Bonchev–Trinajstić information content (AvgIpc) is 2.50. The number of nitrogens with one attached hydrogen (secondary N) is 1. The van der Waals surface area contributed by atoms with Crippen LogP contribution in [0, 0.1) is 6.92 Å². The Kier molecular flexibility index (Phi) is 2.79. The Labute approximate surface area is 89.0 Å². The van der Waals surface area contributed by atoms with Crippen molar-refractivity contribution in [2.24, 2.45) is 5.73 Å². The first kappa shape index (κ1) is 9.99. The standard InChI is InChI=1S/C10H16ClN3/c1-6-9(11)10(14-13-6)7-2-4-8(12)5-3-7/h7-8H,2-5,12H2,1H3,(H,13,14). The molecule has 0 aromatic carbocycles. The number of rotatable bonds is 1. The van der Waals surface area contributed by atoms with Crippen LogP contribution < -0.4 is 5.73 Å². The second-order valence-corrected chi connectivity index (χ2v) is 4.54. The molecular weight excluding hydrogens is 198 g/mol. The molecule has 0 spiro atoms. The highest BCUT2D eigenvalue weighted by Crippen LogP contribution is 2.35. The highest BCUT2D eigenvalue weighted by molar-refractivity contribution is 6.31. The summed E-state index contributed by atoms with van der Waals surface area (Å²) in [5.74, 6) is 0.507. The van der Waals surface area contributed by atoms with Gasteiger partial charge in [-0.25, -0.2) is 0 Å². The molecule has 0 amide bonds. The molecule has 1 saturated carbocycles. The third kappa shape index (κ3) is 1.79. The van der Waals surface area contributed by atoms with Crippen molar-refractivity contribution in [1.29, 1.82) is 0 Å². The van der Waals surface area contributed by atoms with E-state index in [1.165, 1.54) is 0 Å². The Morgan fingerprint density at radius 3 is 2.50 bits per heavy atom. The van der Waals surface area contributed by atoms with Crippen LogP contribution in [0.15, 0.2) is 0 Å². The summed E-state index contributed by atoms with van der Waals surface area (Å²) in [6.07, 6.45) is 4.41. The van der Waals surface area contributed by atoms with Crippen LogP contribution in [0.3, 0.4) is 0 Å². The SMILES string of the molecule is Cc1[nH]nc(C2CCC(N)CC2)c1Cl. The number of aromatic nitrogens is 2. The number of nitrogens with zero attached hydrogens (tertiary/aromatic N) is 1. The summed E-state index contributed by atoms with van der Waals surface area (Å²) in [6, 6.07) is 0.380. The van der Waals surface area contributed by atoms with E-state index in [1.54, 1.807) is 0 Å². The van der Waals surface area contributed by atoms with E-state index in [0.717, 1.165) is 42.1 Å². The molecule has 0 bridgehead atoms. The summed E-state index contributed by atoms with van der Waals surface area (Å²) >= 11 is 6.15. The summed E-state index contributed by atoms with van der Waals surface area (Å²) in [7, 11) is 0. The fourth-order valence-electron chi connectivity index (χ4n) is 2.10. The van der Waals surface area contributed by atoms with E-state index in [0.29, 0.717) is 12.0 Å². The number of hydrogen-bond donors (Lipinski definition) is 2. The lowest BCUT2D eigenvalue weighted by Gasteiger charge is -2.24. The third-order valence-electron chi connectivity index (χ3n) is 3.06. The molecule has 1 aliphatic carbocycles. The first-order valence-corrected chi connectivity index (χ1v) is 5.52. The van der Waals surface area contributed by atoms with Gasteiger partial charge in [0.2, 0.25) is 0 Å². The Balaban J connectivity index is 2.12. The van der Waals surface area contributed by atoms with Crippen molar-refractivity contribution < 1.29 is 0 Å². The summed E-state index contributed by atoms with van der Waals surface area (Å²) in [6.45, 7) is 1.95. The molecule has 0 saturated heterocycles. The first-order chi connectivity index (χ1) is 6.68. The number of aromatic amines is 1. The lowest BCUT2D eigenvalue weighted by atomic mass is 9.84. The minimum absolute atomic E-state index is 0.380. The summed E-state index contributed by atoms with van der Waals surface area (Å²) < 4.78 is 0. The Hall–Kier alpha value is -0.540. The van der Waals surface area contributed by atoms with E-state index in [-0.39, 0.29) is 0 Å². The molecule has 3 N–H and O–H groups in total. The zero-order valence-corrected chi connectivity index (χ0v) is 9.14. The lowest BCUT2D eigenvalue weighted by molar-refractivity contribution is 0.390. The maximum absolute atomic E-state index is 6.15. The Bertz CT molecular complexity index is 313. The number of nitrogens with two attached hydrogens (primary N) is 1. The molecule has 78 valence electrons. The van der Waals surface area contributed by atoms with Crippen LogP contribution in [0.1, 0.15) is 43.0 Å². The van der Waals surface area contributed by atoms with Crippen LogP contribution in [-0.2, 0) is 0 Å². The van der Waals surface area contributed by atoms with Crippen molar-refractivity contribution in [2.45, 2.75) is 44.6 Å². The number of hydrogen-bond acceptors (Lipinski definition) is 2. The summed E-state index contributed by atoms with van der Waals surface area (Å²) in [4.78, 5) is 0. The fourth-order valence-corrected chi connectivity index (χ4v) is 2.34. The maximum atomic E-state index is 6.15. The Morgan fingerprint density at radius 2 is 2.00 bits per heavy atom. The second kappa shape index (κ2) is 3.91. The zero-order valence-electron chi connectivity index (χ0n) is 8.39. The molecule has 2 rings (SSSR count). The van der Waals surface area contributed by atoms with E-state index in [2.05, 4.69) is 10.2 Å². The fraction of sp³-hybridized carbons (Fsp3) is 0.700. The van der Waals surface area contributed by atoms with Crippen LogP contribution in [0.5, 0.6) is 0 Å². The van der Waals surface area contributed by atoms with Crippen LogP contribution in [0.4, 0.5) is 0 Å². The van der Waals surface area contributed by atoms with Crippen LogP contribution >= 0.6 is 11.6 Å². The predicted octanol–water partition coefficient (Wildman–Crippen LogP) is 2.36. The highest BCUT2D eigenvalue weighted by Gasteiger charge is 2.24. The third-order valence-corrected chi connectivity index (χ3v) is 3.53. The molecule has 0 radical (unpaired) electrons. The largest absolute Gasteiger partial charge is 0.328 e. The van der Waals surface area contributed by atoms with Gasteiger partial charge in [-0.1, -0.05) is 11.6 Å². The van der Waals surface area contributed by atoms with E-state index in [1.807, 2.05) is 6.92 Å². The van der Waals surface area contributed by atoms with Gasteiger partial charge >= 0.3 is 0 Å². The van der Waals surface area contributed by atoms with Gasteiger partial charge in [-0.05, 0) is 32.6 Å². The molecular formula is C10H16ClN3. The number of aryl methyl sites for hydroxylation is 1. The van der Waals surface area contributed by atoms with E-state index < -0.39 is 0 Å². The van der Waals surface area contributed by atoms with Gasteiger partial charge in [0.05, 0.1) is 16.4 Å². The van der Waals surface area contributed by atoms with E-state index >= 15 is 0 Å². The molecule has 1 fully saturated rings. The smallest absolute Gasteiger partial charge is 0.0847 e. The minimum Gasteiger partial charge on any atom is -0.328 e. The minimum atomic E-state index is 0.380. The van der Waals surface area contributed by atoms with Gasteiger partial charge in [0.25, 0.3) is 0 Å². The van der Waals surface area contributed by atoms with Crippen molar-refractivity contribution in [3.05, 3.63) is 16.4 Å². The topological polar surface area (TPSA) is 54.7 Å². The molecule has 3 nitrogen and oxygen atoms in total. The van der Waals surface area contributed by atoms with Gasteiger partial charge in [-0.2, -0.15) is 5.10 Å². The van der Waals surface area contributed by atoms with Crippen LogP contribution in [0.2, 0.25) is 5.02 Å². The summed E-state index contributed by atoms with van der Waals surface area (Å²) in [5.41, 5.74) is 7.86. The molecule has 1 aliphatic rings. The van der Waals surface area contributed by atoms with Crippen molar-refractivity contribution >= 4 is 11.6 Å². The van der Waals surface area contributed by atoms with Crippen LogP contribution in [0.25, 0.3) is 0 Å². The molecule has 0 unspecified atom stereocenters. The van der Waals surface area contributed by atoms with Crippen LogP contribution in [-0.4, -0.2) is 16.2 Å². The van der Waals surface area contributed by atoms with Crippen molar-refractivity contribution in [3.8, 4) is 0 Å². The Morgan fingerprint density at radius 1 is 1.36 bits per heavy atom. The van der Waals surface area contributed by atoms with Gasteiger partial charge in [-0.3, -0.25) is 5.10 Å². The molecule has 0 atom stereocenters. The van der Waals surface area contributed by atoms with Gasteiger partial charge in [0.1, 0.15) is 0 Å². The normalized spacial score (nSPS) is 27.9. The lowest BCUT2D eigenvalue weighted by Crippen LogP contribution is -2.25. The van der Waals surface area contributed by atoms with Crippen molar-refractivity contribution in [2.75, 3.05) is 0 Å². The van der Waals surface area contributed by atoms with Crippen molar-refractivity contribution in [3.63, 3.8) is 0 Å². The average molecular weight is 214 g/mol. The molecule has 0 aliphatic heterocycles. The van der Waals surface area contributed by atoms with Gasteiger partial charge in [-0.15, -0.1) is 0 Å². The van der Waals surface area contributed by atoms with Gasteiger partial charge in [0.15, 0.2) is 0 Å². The molecule has 14 heavy (non-hydrogen) atoms. The first-order valence-electron chi connectivity index (χ1n) is 5.14. The predicted molar refractivity (Wildman–Crippen MR) is 57.5 cm³/mol. The van der Waals surface area contributed by atoms with E-state index in [4.69, 9.17) is 17.3 Å². The van der Waals surface area contributed by atoms with Crippen molar-refractivity contribution in [1.82, 2.24) is 10.2 Å². The summed E-state index contributed by atoms with van der Waals surface area (Å²) in [5, 5.41) is 8.01. The number of H-pyrrole nitrogens is 1. The maximum Gasteiger partial charge on any atom is 0.0847 e.